The van der Waals surface area contributed by atoms with Crippen LogP contribution in [0, 0.1) is 5.82 Å². The van der Waals surface area contributed by atoms with E-state index in [1.165, 1.54) is 18.9 Å². The number of hydrogen-bond donors (Lipinski definition) is 1. The molecule has 3 nitrogen and oxygen atoms in total. The number of nitrogens with zero attached hydrogens (tertiary/aromatic N) is 1. The number of hydrogen-bond acceptors (Lipinski definition) is 3. The van der Waals surface area contributed by atoms with Crippen LogP contribution in [0.3, 0.4) is 0 Å². The van der Waals surface area contributed by atoms with Crippen molar-refractivity contribution in [2.45, 2.75) is 18.9 Å². The lowest BCUT2D eigenvalue weighted by Crippen LogP contribution is -2.25. The van der Waals surface area contributed by atoms with Crippen molar-refractivity contribution in [3.05, 3.63) is 65.5 Å². The first-order valence-electron chi connectivity index (χ1n) is 8.11. The summed E-state index contributed by atoms with van der Waals surface area (Å²) in [4.78, 5) is 2.40. The zero-order chi connectivity index (χ0) is 16.1. The van der Waals surface area contributed by atoms with E-state index in [2.05, 4.69) is 4.90 Å². The number of aliphatic hydroxyl groups is 1. The quantitative estimate of drug-likeness (QED) is 0.887. The SMILES string of the molecule is OC(c1ccc(OCCN2CCCC2)cc1)c1ccccc1F. The molecule has 1 fully saturated rings. The number of benzene rings is 2. The number of halogens is 1. The predicted molar refractivity (Wildman–Crippen MR) is 88.1 cm³/mol. The number of rotatable bonds is 6. The molecule has 1 heterocycles. The Morgan fingerprint density at radius 1 is 1.04 bits per heavy atom. The molecule has 0 aliphatic carbocycles. The van der Waals surface area contributed by atoms with Gasteiger partial charge in [0.05, 0.1) is 0 Å². The number of ether oxygens (including phenoxy) is 1. The van der Waals surface area contributed by atoms with Crippen molar-refractivity contribution in [3.63, 3.8) is 0 Å². The van der Waals surface area contributed by atoms with Crippen LogP contribution in [0.15, 0.2) is 48.5 Å². The minimum Gasteiger partial charge on any atom is -0.492 e. The van der Waals surface area contributed by atoms with Crippen LogP contribution in [0.5, 0.6) is 5.75 Å². The van der Waals surface area contributed by atoms with Gasteiger partial charge in [0.15, 0.2) is 0 Å². The molecule has 0 spiro atoms. The summed E-state index contributed by atoms with van der Waals surface area (Å²) in [6, 6.07) is 13.5. The standard InChI is InChI=1S/C19H22FNO2/c20-18-6-2-1-5-17(18)19(22)15-7-9-16(10-8-15)23-14-13-21-11-3-4-12-21/h1-2,5-10,19,22H,3-4,11-14H2. The molecular formula is C19H22FNO2. The van der Waals surface area contributed by atoms with Crippen molar-refractivity contribution < 1.29 is 14.2 Å². The van der Waals surface area contributed by atoms with Crippen molar-refractivity contribution in [1.82, 2.24) is 4.90 Å². The van der Waals surface area contributed by atoms with Crippen LogP contribution in [0.25, 0.3) is 0 Å². The fraction of sp³-hybridized carbons (Fsp3) is 0.368. The zero-order valence-corrected chi connectivity index (χ0v) is 13.1. The molecule has 1 atom stereocenters. The minimum absolute atomic E-state index is 0.287. The fourth-order valence-electron chi connectivity index (χ4n) is 2.92. The predicted octanol–water partition coefficient (Wildman–Crippen LogP) is 3.38. The maximum atomic E-state index is 13.7. The summed E-state index contributed by atoms with van der Waals surface area (Å²) in [5.41, 5.74) is 0.942. The summed E-state index contributed by atoms with van der Waals surface area (Å²) < 4.78 is 19.5. The molecule has 0 amide bonds. The van der Waals surface area contributed by atoms with Gasteiger partial charge in [0.2, 0.25) is 0 Å². The van der Waals surface area contributed by atoms with Gasteiger partial charge in [-0.3, -0.25) is 4.90 Å². The molecule has 2 aromatic carbocycles. The van der Waals surface area contributed by atoms with Gasteiger partial charge in [0.25, 0.3) is 0 Å². The van der Waals surface area contributed by atoms with Crippen molar-refractivity contribution in [3.8, 4) is 5.75 Å². The highest BCUT2D eigenvalue weighted by Gasteiger charge is 2.14. The first kappa shape index (κ1) is 16.0. The number of aliphatic hydroxyl groups excluding tert-OH is 1. The van der Waals surface area contributed by atoms with E-state index in [-0.39, 0.29) is 5.56 Å². The molecule has 122 valence electrons. The third-order valence-electron chi connectivity index (χ3n) is 4.27. The van der Waals surface area contributed by atoms with Crippen LogP contribution in [0.4, 0.5) is 4.39 Å². The summed E-state index contributed by atoms with van der Waals surface area (Å²) in [6.45, 7) is 3.93. The maximum absolute atomic E-state index is 13.7. The Hall–Kier alpha value is -1.91. The van der Waals surface area contributed by atoms with Gasteiger partial charge in [-0.1, -0.05) is 30.3 Å². The van der Waals surface area contributed by atoms with Gasteiger partial charge in [-0.15, -0.1) is 0 Å². The van der Waals surface area contributed by atoms with Crippen LogP contribution in [-0.2, 0) is 0 Å². The summed E-state index contributed by atoms with van der Waals surface area (Å²) in [5, 5.41) is 10.3. The molecule has 0 radical (unpaired) electrons. The molecule has 1 saturated heterocycles. The van der Waals surface area contributed by atoms with E-state index >= 15 is 0 Å². The Kier molecular flexibility index (Phi) is 5.26. The molecule has 0 saturated carbocycles. The maximum Gasteiger partial charge on any atom is 0.129 e. The van der Waals surface area contributed by atoms with E-state index in [1.54, 1.807) is 30.3 Å². The van der Waals surface area contributed by atoms with E-state index in [4.69, 9.17) is 4.74 Å². The molecule has 1 unspecified atom stereocenters. The zero-order valence-electron chi connectivity index (χ0n) is 13.1. The van der Waals surface area contributed by atoms with E-state index in [9.17, 15) is 9.50 Å². The second-order valence-electron chi connectivity index (χ2n) is 5.89. The smallest absolute Gasteiger partial charge is 0.129 e. The van der Waals surface area contributed by atoms with Gasteiger partial charge in [0, 0.05) is 12.1 Å². The molecule has 23 heavy (non-hydrogen) atoms. The lowest BCUT2D eigenvalue weighted by atomic mass is 10.0. The van der Waals surface area contributed by atoms with Gasteiger partial charge < -0.3 is 9.84 Å². The van der Waals surface area contributed by atoms with Gasteiger partial charge in [-0.25, -0.2) is 4.39 Å². The third-order valence-corrected chi connectivity index (χ3v) is 4.27. The normalized spacial score (nSPS) is 16.4. The molecule has 1 N–H and O–H groups in total. The van der Waals surface area contributed by atoms with E-state index in [0.29, 0.717) is 12.2 Å². The van der Waals surface area contributed by atoms with Crippen molar-refractivity contribution >= 4 is 0 Å². The topological polar surface area (TPSA) is 32.7 Å². The highest BCUT2D eigenvalue weighted by molar-refractivity contribution is 5.34. The second kappa shape index (κ2) is 7.57. The van der Waals surface area contributed by atoms with Gasteiger partial charge in [-0.05, 0) is 49.7 Å². The Labute approximate surface area is 136 Å². The van der Waals surface area contributed by atoms with Crippen molar-refractivity contribution in [1.29, 1.82) is 0 Å². The Bertz CT molecular complexity index is 624. The van der Waals surface area contributed by atoms with E-state index in [1.807, 2.05) is 12.1 Å². The Balaban J connectivity index is 1.57. The summed E-state index contributed by atoms with van der Waals surface area (Å²) >= 11 is 0. The molecule has 0 bridgehead atoms. The number of likely N-dealkylation sites (tertiary alicyclic amines) is 1. The Morgan fingerprint density at radius 2 is 1.74 bits per heavy atom. The van der Waals surface area contributed by atoms with Crippen molar-refractivity contribution in [2.75, 3.05) is 26.2 Å². The van der Waals surface area contributed by atoms with Crippen LogP contribution in [0.2, 0.25) is 0 Å². The highest BCUT2D eigenvalue weighted by atomic mass is 19.1. The third kappa shape index (κ3) is 4.09. The highest BCUT2D eigenvalue weighted by Crippen LogP contribution is 2.25. The van der Waals surface area contributed by atoms with Crippen LogP contribution >= 0.6 is 0 Å². The minimum atomic E-state index is -0.963. The molecule has 2 aromatic rings. The monoisotopic (exact) mass is 315 g/mol. The molecule has 0 aromatic heterocycles. The first-order valence-corrected chi connectivity index (χ1v) is 8.11. The van der Waals surface area contributed by atoms with Crippen LogP contribution < -0.4 is 4.74 Å². The average Bonchev–Trinajstić information content (AvgIpc) is 3.09. The lowest BCUT2D eigenvalue weighted by molar-refractivity contribution is 0.214. The molecule has 1 aliphatic rings. The first-order chi connectivity index (χ1) is 11.2. The van der Waals surface area contributed by atoms with Gasteiger partial charge in [0.1, 0.15) is 24.3 Å². The molecular weight excluding hydrogens is 293 g/mol. The van der Waals surface area contributed by atoms with Crippen LogP contribution in [-0.4, -0.2) is 36.2 Å². The second-order valence-corrected chi connectivity index (χ2v) is 5.89. The van der Waals surface area contributed by atoms with E-state index in [0.717, 1.165) is 25.4 Å². The molecule has 3 rings (SSSR count). The summed E-state index contributed by atoms with van der Waals surface area (Å²) in [6.07, 6.45) is 1.60. The van der Waals surface area contributed by atoms with Crippen molar-refractivity contribution in [2.24, 2.45) is 0 Å². The van der Waals surface area contributed by atoms with Gasteiger partial charge in [-0.2, -0.15) is 0 Å². The Morgan fingerprint density at radius 3 is 2.43 bits per heavy atom. The summed E-state index contributed by atoms with van der Waals surface area (Å²) in [7, 11) is 0. The molecule has 4 heteroatoms. The summed E-state index contributed by atoms with van der Waals surface area (Å²) in [5.74, 6) is 0.375. The molecule has 1 aliphatic heterocycles. The fourth-order valence-corrected chi connectivity index (χ4v) is 2.92. The van der Waals surface area contributed by atoms with E-state index < -0.39 is 11.9 Å². The average molecular weight is 315 g/mol. The van der Waals surface area contributed by atoms with Gasteiger partial charge >= 0.3 is 0 Å². The van der Waals surface area contributed by atoms with Crippen LogP contribution in [0.1, 0.15) is 30.1 Å². The lowest BCUT2D eigenvalue weighted by Gasteiger charge is -2.16. The largest absolute Gasteiger partial charge is 0.492 e.